The van der Waals surface area contributed by atoms with Gasteiger partial charge in [0.05, 0.1) is 83.5 Å². The molecule has 77 heavy (non-hydrogen) atoms. The molecule has 0 spiro atoms. The quantitative estimate of drug-likeness (QED) is 0.0816. The normalized spacial score (nSPS) is 28.6. The van der Waals surface area contributed by atoms with Gasteiger partial charge in [0.25, 0.3) is 0 Å². The number of thiocarbonyl (C=S) groups is 2. The Morgan fingerprint density at radius 1 is 0.649 bits per heavy atom. The molecule has 12 atom stereocenters. The predicted molar refractivity (Wildman–Crippen MR) is 302 cm³/mol. The third-order valence-electron chi connectivity index (χ3n) is 16.3. The van der Waals surface area contributed by atoms with Crippen LogP contribution in [-0.2, 0) is 46.2 Å². The van der Waals surface area contributed by atoms with Crippen molar-refractivity contribution in [2.45, 2.75) is 151 Å². The summed E-state index contributed by atoms with van der Waals surface area (Å²) in [6, 6.07) is 10.6. The molecule has 6 amide bonds. The Kier molecular flexibility index (Phi) is 18.4. The average Bonchev–Trinajstić information content (AvgIpc) is 4.03. The number of carboxylic acid groups (broad SMARTS) is 2. The van der Waals surface area contributed by atoms with Gasteiger partial charge in [-0.15, -0.1) is 23.5 Å². The summed E-state index contributed by atoms with van der Waals surface area (Å²) in [4.78, 5) is 87.6. The molecule has 4 fully saturated rings. The van der Waals surface area contributed by atoms with Crippen LogP contribution in [-0.4, -0.2) is 187 Å². The summed E-state index contributed by atoms with van der Waals surface area (Å²) in [7, 11) is 2.86. The van der Waals surface area contributed by atoms with Crippen molar-refractivity contribution < 1.29 is 53.2 Å². The number of hydrogen-bond acceptors (Lipinski definition) is 13. The topological polar surface area (TPSA) is 232 Å². The summed E-state index contributed by atoms with van der Waals surface area (Å²) in [5, 5.41) is 31.5. The molecule has 0 radical (unpaired) electrons. The van der Waals surface area contributed by atoms with Gasteiger partial charge in [-0.05, 0) is 84.1 Å². The van der Waals surface area contributed by atoms with Crippen LogP contribution in [0.15, 0.2) is 48.5 Å². The van der Waals surface area contributed by atoms with E-state index in [2.05, 4.69) is 21.3 Å². The lowest BCUT2D eigenvalue weighted by molar-refractivity contribution is -0.143. The number of benzene rings is 2. The fraction of sp³-hybridized carbons (Fsp3) is 0.630. The standard InChI is InChI=1S/C54H74N8O11S4/c1-29(59(7)51(67)68)47(74)55-35-17-23-76-39-27-53(3,4)43(61(39)49(35)65)45(63)57-41-33-15-11-9-13-31(33)25-37(41)72-21-19-71-20-22-73-38-26-32-14-10-12-16-34(32)42(38)58-46(64)44-54(5,6)28-40-62(44)50(66)36(18-24-77-40)56-48(75)30(2)60(8)52(69)70/h9-16,29-30,35-44H,17-28H2,1-8H3,(H,55,74)(H,56,75)(H,57,63)(H,58,64)(H,67,68)(H,69,70)/t29?,30?,35-,36-,37+,38+,39-,40-,41-,42-,43+,44+/m0/s1. The van der Waals surface area contributed by atoms with Gasteiger partial charge in [0, 0.05) is 26.9 Å². The first-order valence-corrected chi connectivity index (χ1v) is 29.4. The summed E-state index contributed by atoms with van der Waals surface area (Å²) in [5.74, 6) is 0.302. The van der Waals surface area contributed by atoms with Gasteiger partial charge < -0.3 is 65.3 Å². The lowest BCUT2D eigenvalue weighted by atomic mass is 9.83. The molecule has 0 aromatic heterocycles. The highest BCUT2D eigenvalue weighted by molar-refractivity contribution is 8.00. The summed E-state index contributed by atoms with van der Waals surface area (Å²) < 4.78 is 19.0. The maximum atomic E-state index is 14.7. The van der Waals surface area contributed by atoms with E-state index in [1.54, 1.807) is 47.2 Å². The molecule has 8 rings (SSSR count). The second-order valence-electron chi connectivity index (χ2n) is 22.4. The maximum Gasteiger partial charge on any atom is 0.407 e. The lowest BCUT2D eigenvalue weighted by Crippen LogP contribution is -2.58. The van der Waals surface area contributed by atoms with Crippen molar-refractivity contribution in [2.75, 3.05) is 52.0 Å². The zero-order chi connectivity index (χ0) is 55.7. The second-order valence-corrected chi connectivity index (χ2v) is 25.8. The number of nitrogens with zero attached hydrogens (tertiary/aromatic N) is 4. The molecule has 6 aliphatic rings. The van der Waals surface area contributed by atoms with Crippen molar-refractivity contribution in [2.24, 2.45) is 10.8 Å². The molecular weight excluding hydrogens is 1060 g/mol. The van der Waals surface area contributed by atoms with Crippen molar-refractivity contribution in [1.82, 2.24) is 40.9 Å². The monoisotopic (exact) mass is 1140 g/mol. The Hall–Kier alpha value is -4.78. The number of fused-ring (bicyclic) bond motifs is 4. The van der Waals surface area contributed by atoms with Gasteiger partial charge in [0.15, 0.2) is 0 Å². The molecule has 19 nitrogen and oxygen atoms in total. The third-order valence-corrected chi connectivity index (χ3v) is 19.7. The van der Waals surface area contributed by atoms with Gasteiger partial charge >= 0.3 is 12.2 Å². The first-order valence-electron chi connectivity index (χ1n) is 26.5. The SMILES string of the molecule is CC(C(=S)N[C@H]1CCS[C@H]2CC(C)(C)[C@@H](C(=O)N[C@H]3c4ccccc4C[C@H]3OCCOCCO[C@@H]3Cc4ccccc4[C@@H]3NC(=O)[C@H]3N4C(=O)[C@@H](NC(=S)C(C)N(C)C(=O)O)CCS[C@H]4CC3(C)C)N2C1=O)N(C)C(=O)O. The Bertz CT molecular complexity index is 2420. The zero-order valence-corrected chi connectivity index (χ0v) is 48.3. The molecule has 2 aromatic rings. The van der Waals surface area contributed by atoms with Gasteiger partial charge in [-0.2, -0.15) is 0 Å². The van der Waals surface area contributed by atoms with Crippen LogP contribution in [0.25, 0.3) is 0 Å². The number of thioether (sulfide) groups is 2. The summed E-state index contributed by atoms with van der Waals surface area (Å²) >= 11 is 14.5. The average molecular weight is 1140 g/mol. The number of hydrogen-bond donors (Lipinski definition) is 6. The van der Waals surface area contributed by atoms with Crippen molar-refractivity contribution in [1.29, 1.82) is 0 Å². The molecule has 4 aliphatic heterocycles. The highest BCUT2D eigenvalue weighted by atomic mass is 32.2. The van der Waals surface area contributed by atoms with E-state index >= 15 is 0 Å². The van der Waals surface area contributed by atoms with Gasteiger partial charge in [0.2, 0.25) is 23.6 Å². The van der Waals surface area contributed by atoms with Crippen molar-refractivity contribution in [3.05, 3.63) is 70.8 Å². The Balaban J connectivity index is 0.859. The van der Waals surface area contributed by atoms with E-state index in [1.807, 2.05) is 76.2 Å². The summed E-state index contributed by atoms with van der Waals surface area (Å²) in [6.45, 7) is 12.4. The maximum absolute atomic E-state index is 14.7. The largest absolute Gasteiger partial charge is 0.465 e. The van der Waals surface area contributed by atoms with E-state index < -0.39 is 83.6 Å². The zero-order valence-electron chi connectivity index (χ0n) is 45.0. The van der Waals surface area contributed by atoms with E-state index in [-0.39, 0.29) is 70.8 Å². The number of nitrogens with one attached hydrogen (secondary N) is 4. The Morgan fingerprint density at radius 2 is 1.03 bits per heavy atom. The fourth-order valence-electron chi connectivity index (χ4n) is 11.8. The van der Waals surface area contributed by atoms with Crippen molar-refractivity contribution >= 4 is 93.8 Å². The molecule has 4 saturated heterocycles. The number of rotatable bonds is 18. The van der Waals surface area contributed by atoms with Crippen molar-refractivity contribution in [3.8, 4) is 0 Å². The van der Waals surface area contributed by atoms with Crippen LogP contribution < -0.4 is 21.3 Å². The molecule has 2 aliphatic carbocycles. The van der Waals surface area contributed by atoms with E-state index in [1.165, 1.54) is 14.1 Å². The molecule has 0 bridgehead atoms. The first kappa shape index (κ1) is 58.4. The van der Waals surface area contributed by atoms with Crippen LogP contribution in [0.3, 0.4) is 0 Å². The van der Waals surface area contributed by atoms with E-state index in [0.717, 1.165) is 32.1 Å². The third kappa shape index (κ3) is 12.5. The molecular formula is C54H74N8O11S4. The van der Waals surface area contributed by atoms with Gasteiger partial charge in [0.1, 0.15) is 24.2 Å². The lowest BCUT2D eigenvalue weighted by Gasteiger charge is -2.36. The van der Waals surface area contributed by atoms with Gasteiger partial charge in [-0.3, -0.25) is 19.2 Å². The predicted octanol–water partition coefficient (Wildman–Crippen LogP) is 5.35. The molecule has 2 aromatic carbocycles. The molecule has 23 heteroatoms. The first-order chi connectivity index (χ1) is 36.5. The molecule has 0 saturated carbocycles. The second kappa shape index (κ2) is 24.3. The van der Waals surface area contributed by atoms with E-state index in [9.17, 15) is 39.0 Å². The van der Waals surface area contributed by atoms with Gasteiger partial charge in [-0.25, -0.2) is 9.59 Å². The highest BCUT2D eigenvalue weighted by Gasteiger charge is 2.57. The van der Waals surface area contributed by atoms with Crippen molar-refractivity contribution in [3.63, 3.8) is 0 Å². The highest BCUT2D eigenvalue weighted by Crippen LogP contribution is 2.48. The minimum absolute atomic E-state index is 0.219. The minimum Gasteiger partial charge on any atom is -0.465 e. The van der Waals surface area contributed by atoms with Crippen LogP contribution in [0.5, 0.6) is 0 Å². The fourth-order valence-corrected chi connectivity index (χ4v) is 15.6. The molecule has 420 valence electrons. The van der Waals surface area contributed by atoms with Crippen LogP contribution in [0.1, 0.15) is 102 Å². The Labute approximate surface area is 470 Å². The smallest absolute Gasteiger partial charge is 0.407 e. The van der Waals surface area contributed by atoms with Gasteiger partial charge in [-0.1, -0.05) is 101 Å². The van der Waals surface area contributed by atoms with Crippen LogP contribution in [0.4, 0.5) is 9.59 Å². The van der Waals surface area contributed by atoms with E-state index in [4.69, 9.17) is 38.6 Å². The van der Waals surface area contributed by atoms with E-state index in [0.29, 0.717) is 50.0 Å². The minimum atomic E-state index is -1.13. The van der Waals surface area contributed by atoms with Crippen LogP contribution >= 0.6 is 48.0 Å². The summed E-state index contributed by atoms with van der Waals surface area (Å²) in [5.41, 5.74) is 2.92. The number of carbonyl (C=O) groups is 6. The number of carbonyl (C=O) groups excluding carboxylic acids is 4. The number of ether oxygens (including phenoxy) is 3. The van der Waals surface area contributed by atoms with Crippen LogP contribution in [0.2, 0.25) is 0 Å². The molecule has 4 heterocycles. The summed E-state index contributed by atoms with van der Waals surface area (Å²) in [6.07, 6.45) is 0.266. The molecule has 2 unspecified atom stereocenters. The number of amides is 6. The number of likely N-dealkylation sites (N-methyl/N-ethyl adjacent to an activating group) is 2. The molecule has 6 N–H and O–H groups in total. The van der Waals surface area contributed by atoms with Crippen LogP contribution in [0, 0.1) is 10.8 Å². The Morgan fingerprint density at radius 3 is 1.40 bits per heavy atom.